The van der Waals surface area contributed by atoms with Crippen LogP contribution in [-0.2, 0) is 11.3 Å². The highest BCUT2D eigenvalue weighted by molar-refractivity contribution is 9.10. The average molecular weight is 365 g/mol. The molecular formula is C14H9BrN2O3S. The van der Waals surface area contributed by atoms with E-state index in [1.807, 2.05) is 6.07 Å². The van der Waals surface area contributed by atoms with Crippen molar-refractivity contribution in [1.82, 2.24) is 9.38 Å². The molecule has 0 unspecified atom stereocenters. The molecule has 3 aromatic rings. The maximum absolute atomic E-state index is 11.9. The summed E-state index contributed by atoms with van der Waals surface area (Å²) in [5.74, 6) is -0.454. The summed E-state index contributed by atoms with van der Waals surface area (Å²) in [6.45, 7) is -0.0328. The van der Waals surface area contributed by atoms with Crippen LogP contribution in [0.25, 0.3) is 4.96 Å². The predicted octanol–water partition coefficient (Wildman–Crippen LogP) is 2.88. The summed E-state index contributed by atoms with van der Waals surface area (Å²) in [6, 6.07) is 8.28. The normalized spacial score (nSPS) is 10.7. The average Bonchev–Trinajstić information content (AvgIpc) is 2.93. The van der Waals surface area contributed by atoms with Crippen LogP contribution < -0.4 is 5.56 Å². The summed E-state index contributed by atoms with van der Waals surface area (Å²) < 4.78 is 7.43. The number of rotatable bonds is 3. The molecule has 5 nitrogen and oxygen atoms in total. The van der Waals surface area contributed by atoms with Gasteiger partial charge in [-0.05, 0) is 18.2 Å². The number of hydrogen-bond acceptors (Lipinski definition) is 5. The highest BCUT2D eigenvalue weighted by Gasteiger charge is 2.09. The van der Waals surface area contributed by atoms with E-state index >= 15 is 0 Å². The molecule has 3 rings (SSSR count). The smallest absolute Gasteiger partial charge is 0.338 e. The standard InChI is InChI=1S/C14H9BrN2O3S/c15-10-3-1-2-9(6-10)13(19)20-8-11-7-12(18)17-4-5-21-14(17)16-11/h1-7H,8H2. The Morgan fingerprint density at radius 2 is 2.24 bits per heavy atom. The van der Waals surface area contributed by atoms with Crippen molar-refractivity contribution < 1.29 is 9.53 Å². The van der Waals surface area contributed by atoms with Crippen LogP contribution in [0.4, 0.5) is 0 Å². The van der Waals surface area contributed by atoms with E-state index < -0.39 is 5.97 Å². The third-order valence-corrected chi connectivity index (χ3v) is 4.02. The first-order valence-corrected chi connectivity index (χ1v) is 7.69. The molecule has 0 atom stereocenters. The molecule has 7 heteroatoms. The zero-order chi connectivity index (χ0) is 14.8. The second-order valence-electron chi connectivity index (χ2n) is 4.23. The van der Waals surface area contributed by atoms with Gasteiger partial charge in [0.05, 0.1) is 11.3 Å². The number of halogens is 1. The van der Waals surface area contributed by atoms with Crippen molar-refractivity contribution in [3.63, 3.8) is 0 Å². The minimum atomic E-state index is -0.454. The second-order valence-corrected chi connectivity index (χ2v) is 6.02. The lowest BCUT2D eigenvalue weighted by molar-refractivity contribution is 0.0467. The molecule has 0 N–H and O–H groups in total. The first-order chi connectivity index (χ1) is 10.1. The van der Waals surface area contributed by atoms with Crippen LogP contribution in [0.15, 0.2) is 51.2 Å². The highest BCUT2D eigenvalue weighted by Crippen LogP contribution is 2.13. The van der Waals surface area contributed by atoms with Gasteiger partial charge in [-0.15, -0.1) is 11.3 Å². The molecule has 0 aliphatic carbocycles. The lowest BCUT2D eigenvalue weighted by Crippen LogP contribution is -2.14. The number of benzene rings is 1. The number of fused-ring (bicyclic) bond motifs is 1. The van der Waals surface area contributed by atoms with Gasteiger partial charge in [0.25, 0.3) is 5.56 Å². The van der Waals surface area contributed by atoms with Gasteiger partial charge in [0.1, 0.15) is 6.61 Å². The molecule has 106 valence electrons. The molecule has 0 fully saturated rings. The molecule has 21 heavy (non-hydrogen) atoms. The van der Waals surface area contributed by atoms with Crippen molar-refractivity contribution in [2.24, 2.45) is 0 Å². The molecule has 2 aromatic heterocycles. The minimum absolute atomic E-state index is 0.0328. The third kappa shape index (κ3) is 3.03. The number of aromatic nitrogens is 2. The lowest BCUT2D eigenvalue weighted by atomic mass is 10.2. The minimum Gasteiger partial charge on any atom is -0.456 e. The highest BCUT2D eigenvalue weighted by atomic mass is 79.9. The van der Waals surface area contributed by atoms with Crippen molar-refractivity contribution in [3.05, 3.63) is 68.0 Å². The zero-order valence-corrected chi connectivity index (χ0v) is 13.1. The molecule has 0 aliphatic rings. The summed E-state index contributed by atoms with van der Waals surface area (Å²) in [7, 11) is 0. The first kappa shape index (κ1) is 14.0. The Hall–Kier alpha value is -1.99. The molecule has 0 saturated heterocycles. The van der Waals surface area contributed by atoms with E-state index in [4.69, 9.17) is 4.74 Å². The summed E-state index contributed by atoms with van der Waals surface area (Å²) >= 11 is 4.65. The van der Waals surface area contributed by atoms with Gasteiger partial charge in [-0.2, -0.15) is 0 Å². The molecule has 0 radical (unpaired) electrons. The molecule has 0 amide bonds. The maximum Gasteiger partial charge on any atom is 0.338 e. The summed E-state index contributed by atoms with van der Waals surface area (Å²) in [4.78, 5) is 28.6. The Kier molecular flexibility index (Phi) is 3.85. The van der Waals surface area contributed by atoms with E-state index in [9.17, 15) is 9.59 Å². The second kappa shape index (κ2) is 5.79. The molecule has 2 heterocycles. The quantitative estimate of drug-likeness (QED) is 0.670. The van der Waals surface area contributed by atoms with Crippen molar-refractivity contribution in [1.29, 1.82) is 0 Å². The molecular weight excluding hydrogens is 356 g/mol. The van der Waals surface area contributed by atoms with E-state index in [-0.39, 0.29) is 12.2 Å². The zero-order valence-electron chi connectivity index (χ0n) is 10.7. The van der Waals surface area contributed by atoms with Gasteiger partial charge in [-0.1, -0.05) is 22.0 Å². The Morgan fingerprint density at radius 1 is 1.38 bits per heavy atom. The van der Waals surface area contributed by atoms with Gasteiger partial charge < -0.3 is 4.74 Å². The number of ether oxygens (including phenoxy) is 1. The van der Waals surface area contributed by atoms with E-state index in [1.165, 1.54) is 21.8 Å². The van der Waals surface area contributed by atoms with Gasteiger partial charge >= 0.3 is 5.97 Å². The predicted molar refractivity (Wildman–Crippen MR) is 82.6 cm³/mol. The maximum atomic E-state index is 11.9. The van der Waals surface area contributed by atoms with Gasteiger partial charge in [0.2, 0.25) is 0 Å². The van der Waals surface area contributed by atoms with Crippen molar-refractivity contribution >= 4 is 38.2 Å². The van der Waals surface area contributed by atoms with Gasteiger partial charge in [-0.25, -0.2) is 9.78 Å². The van der Waals surface area contributed by atoms with Crippen LogP contribution in [-0.4, -0.2) is 15.4 Å². The van der Waals surface area contributed by atoms with Crippen molar-refractivity contribution in [3.8, 4) is 0 Å². The third-order valence-electron chi connectivity index (χ3n) is 2.77. The number of carbonyl (C=O) groups is 1. The molecule has 0 aliphatic heterocycles. The Labute approximate surface area is 132 Å². The van der Waals surface area contributed by atoms with Crippen LogP contribution in [0.3, 0.4) is 0 Å². The number of carbonyl (C=O) groups excluding carboxylic acids is 1. The number of esters is 1. The number of thiazole rings is 1. The fourth-order valence-electron chi connectivity index (χ4n) is 1.80. The van der Waals surface area contributed by atoms with Gasteiger partial charge in [0.15, 0.2) is 4.96 Å². The SMILES string of the molecule is O=C(OCc1cc(=O)n2ccsc2n1)c1cccc(Br)c1. The van der Waals surface area contributed by atoms with Crippen LogP contribution in [0.5, 0.6) is 0 Å². The monoisotopic (exact) mass is 364 g/mol. The van der Waals surface area contributed by atoms with Gasteiger partial charge in [-0.3, -0.25) is 9.20 Å². The Bertz CT molecular complexity index is 872. The Morgan fingerprint density at radius 3 is 3.05 bits per heavy atom. The fraction of sp³-hybridized carbons (Fsp3) is 0.0714. The number of nitrogens with zero attached hydrogens (tertiary/aromatic N) is 2. The number of hydrogen-bond donors (Lipinski definition) is 0. The Balaban J connectivity index is 1.77. The lowest BCUT2D eigenvalue weighted by Gasteiger charge is -2.05. The topological polar surface area (TPSA) is 60.7 Å². The summed E-state index contributed by atoms with van der Waals surface area (Å²) in [5, 5.41) is 1.78. The van der Waals surface area contributed by atoms with Crippen LogP contribution in [0.1, 0.15) is 16.1 Å². The largest absolute Gasteiger partial charge is 0.456 e. The van der Waals surface area contributed by atoms with Crippen molar-refractivity contribution in [2.75, 3.05) is 0 Å². The molecule has 0 spiro atoms. The van der Waals surface area contributed by atoms with E-state index in [0.717, 1.165) is 4.47 Å². The molecule has 0 saturated carbocycles. The van der Waals surface area contributed by atoms with Gasteiger partial charge in [0, 0.05) is 22.1 Å². The fourth-order valence-corrected chi connectivity index (χ4v) is 2.94. The summed E-state index contributed by atoms with van der Waals surface area (Å²) in [6.07, 6.45) is 1.66. The van der Waals surface area contributed by atoms with E-state index in [1.54, 1.807) is 29.8 Å². The van der Waals surface area contributed by atoms with E-state index in [2.05, 4.69) is 20.9 Å². The van der Waals surface area contributed by atoms with Crippen LogP contribution in [0, 0.1) is 0 Å². The molecule has 0 bridgehead atoms. The first-order valence-electron chi connectivity index (χ1n) is 6.02. The van der Waals surface area contributed by atoms with Crippen LogP contribution >= 0.6 is 27.3 Å². The van der Waals surface area contributed by atoms with E-state index in [0.29, 0.717) is 16.2 Å². The van der Waals surface area contributed by atoms with Crippen molar-refractivity contribution in [2.45, 2.75) is 6.61 Å². The van der Waals surface area contributed by atoms with Crippen LogP contribution in [0.2, 0.25) is 0 Å². The summed E-state index contributed by atoms with van der Waals surface area (Å²) in [5.41, 5.74) is 0.693. The molecule has 1 aromatic carbocycles.